The van der Waals surface area contributed by atoms with E-state index in [0.29, 0.717) is 5.92 Å². The Bertz CT molecular complexity index is 472. The van der Waals surface area contributed by atoms with E-state index in [1.807, 2.05) is 12.1 Å². The van der Waals surface area contributed by atoms with Gasteiger partial charge in [0.2, 0.25) is 0 Å². The van der Waals surface area contributed by atoms with E-state index < -0.39 is 0 Å². The quantitative estimate of drug-likeness (QED) is 0.858. The second-order valence-corrected chi connectivity index (χ2v) is 4.81. The zero-order valence-electron chi connectivity index (χ0n) is 9.98. The zero-order valence-corrected chi connectivity index (χ0v) is 9.98. The third-order valence-electron chi connectivity index (χ3n) is 3.34. The van der Waals surface area contributed by atoms with Crippen LogP contribution in [0.2, 0.25) is 0 Å². The first-order valence-corrected chi connectivity index (χ1v) is 6.14. The number of hydrogen-bond acceptors (Lipinski definition) is 3. The van der Waals surface area contributed by atoms with Crippen LogP contribution in [0.1, 0.15) is 36.5 Å². The van der Waals surface area contributed by atoms with Gasteiger partial charge in [0.15, 0.2) is 0 Å². The fourth-order valence-corrected chi connectivity index (χ4v) is 2.13. The Morgan fingerprint density at radius 2 is 2.06 bits per heavy atom. The lowest BCUT2D eigenvalue weighted by molar-refractivity contribution is 0.429. The van der Waals surface area contributed by atoms with Crippen molar-refractivity contribution < 1.29 is 8.83 Å². The number of furan rings is 2. The van der Waals surface area contributed by atoms with Crippen molar-refractivity contribution in [1.82, 2.24) is 5.32 Å². The molecule has 1 fully saturated rings. The highest BCUT2D eigenvalue weighted by Gasteiger charge is 2.36. The average Bonchev–Trinajstić information content (AvgIpc) is 2.76. The molecule has 0 amide bonds. The van der Waals surface area contributed by atoms with Crippen molar-refractivity contribution in [2.45, 2.75) is 32.4 Å². The van der Waals surface area contributed by atoms with Gasteiger partial charge in [-0.25, -0.2) is 0 Å². The summed E-state index contributed by atoms with van der Waals surface area (Å²) in [4.78, 5) is 0. The van der Waals surface area contributed by atoms with E-state index in [1.165, 1.54) is 6.42 Å². The van der Waals surface area contributed by atoms with E-state index in [1.54, 1.807) is 6.26 Å². The lowest BCUT2D eigenvalue weighted by atomic mass is 10.3. The topological polar surface area (TPSA) is 38.3 Å². The molecular formula is C14H17NO2. The molecule has 90 valence electrons. The molecule has 1 N–H and O–H groups in total. The summed E-state index contributed by atoms with van der Waals surface area (Å²) in [6.45, 7) is 3.76. The predicted molar refractivity (Wildman–Crippen MR) is 64.5 cm³/mol. The van der Waals surface area contributed by atoms with Gasteiger partial charge in [0, 0.05) is 5.92 Å². The van der Waals surface area contributed by atoms with E-state index in [4.69, 9.17) is 8.83 Å². The summed E-state index contributed by atoms with van der Waals surface area (Å²) in [5, 5.41) is 3.30. The van der Waals surface area contributed by atoms with Gasteiger partial charge in [-0.2, -0.15) is 0 Å². The standard InChI is InChI=1S/C14H17NO2/c1-10-7-13(10)14-5-4-12(17-14)9-15-8-11-3-2-6-16-11/h2-6,10,13,15H,7-9H2,1H3. The minimum atomic E-state index is 0.661. The Balaban J connectivity index is 1.50. The molecule has 2 heterocycles. The molecule has 1 saturated carbocycles. The molecule has 2 unspecified atom stereocenters. The zero-order chi connectivity index (χ0) is 11.7. The second-order valence-electron chi connectivity index (χ2n) is 4.81. The molecule has 3 heteroatoms. The van der Waals surface area contributed by atoms with E-state index in [2.05, 4.69) is 24.4 Å². The van der Waals surface area contributed by atoms with Gasteiger partial charge in [0.1, 0.15) is 17.3 Å². The third kappa shape index (κ3) is 2.44. The van der Waals surface area contributed by atoms with Crippen molar-refractivity contribution in [1.29, 1.82) is 0 Å². The Morgan fingerprint density at radius 3 is 2.76 bits per heavy atom. The van der Waals surface area contributed by atoms with Crippen LogP contribution >= 0.6 is 0 Å². The van der Waals surface area contributed by atoms with Gasteiger partial charge in [0.25, 0.3) is 0 Å². The highest BCUT2D eigenvalue weighted by Crippen LogP contribution is 2.47. The molecule has 0 saturated heterocycles. The fourth-order valence-electron chi connectivity index (χ4n) is 2.13. The molecule has 1 aliphatic rings. The molecule has 17 heavy (non-hydrogen) atoms. The second kappa shape index (κ2) is 4.41. The Kier molecular flexibility index (Phi) is 2.77. The molecule has 3 nitrogen and oxygen atoms in total. The van der Waals surface area contributed by atoms with E-state index >= 15 is 0 Å². The summed E-state index contributed by atoms with van der Waals surface area (Å²) in [6, 6.07) is 8.04. The van der Waals surface area contributed by atoms with Crippen LogP contribution in [-0.4, -0.2) is 0 Å². The largest absolute Gasteiger partial charge is 0.468 e. The van der Waals surface area contributed by atoms with Crippen molar-refractivity contribution in [2.75, 3.05) is 0 Å². The molecule has 0 spiro atoms. The maximum absolute atomic E-state index is 5.80. The highest BCUT2D eigenvalue weighted by atomic mass is 16.3. The first kappa shape index (κ1) is 10.7. The molecule has 0 aliphatic heterocycles. The fraction of sp³-hybridized carbons (Fsp3) is 0.429. The monoisotopic (exact) mass is 231 g/mol. The van der Waals surface area contributed by atoms with Crippen LogP contribution in [-0.2, 0) is 13.1 Å². The number of hydrogen-bond donors (Lipinski definition) is 1. The average molecular weight is 231 g/mol. The number of rotatable bonds is 5. The molecule has 0 bridgehead atoms. The molecule has 0 radical (unpaired) electrons. The van der Waals surface area contributed by atoms with Crippen LogP contribution in [0, 0.1) is 5.92 Å². The minimum absolute atomic E-state index is 0.661. The van der Waals surface area contributed by atoms with Crippen LogP contribution in [0.15, 0.2) is 39.4 Å². The molecule has 2 aromatic rings. The van der Waals surface area contributed by atoms with E-state index in [9.17, 15) is 0 Å². The molecule has 2 aromatic heterocycles. The van der Waals surface area contributed by atoms with Gasteiger partial charge >= 0.3 is 0 Å². The summed E-state index contributed by atoms with van der Waals surface area (Å²) in [5.41, 5.74) is 0. The van der Waals surface area contributed by atoms with Crippen molar-refractivity contribution in [3.63, 3.8) is 0 Å². The lowest BCUT2D eigenvalue weighted by Gasteiger charge is -1.99. The molecule has 2 atom stereocenters. The minimum Gasteiger partial charge on any atom is -0.468 e. The number of nitrogens with one attached hydrogen (secondary N) is 1. The summed E-state index contributed by atoms with van der Waals surface area (Å²) in [5.74, 6) is 4.56. The maximum atomic E-state index is 5.80. The predicted octanol–water partition coefficient (Wildman–Crippen LogP) is 3.29. The van der Waals surface area contributed by atoms with Crippen molar-refractivity contribution in [3.05, 3.63) is 47.8 Å². The summed E-state index contributed by atoms with van der Waals surface area (Å²) in [7, 11) is 0. The Labute approximate surface area is 101 Å². The first-order valence-electron chi connectivity index (χ1n) is 6.14. The summed E-state index contributed by atoms with van der Waals surface area (Å²) >= 11 is 0. The highest BCUT2D eigenvalue weighted by molar-refractivity contribution is 5.17. The lowest BCUT2D eigenvalue weighted by Crippen LogP contribution is -2.11. The van der Waals surface area contributed by atoms with Crippen LogP contribution < -0.4 is 5.32 Å². The van der Waals surface area contributed by atoms with Crippen LogP contribution in [0.5, 0.6) is 0 Å². The van der Waals surface area contributed by atoms with Crippen molar-refractivity contribution in [2.24, 2.45) is 5.92 Å². The normalized spacial score (nSPS) is 22.9. The maximum Gasteiger partial charge on any atom is 0.117 e. The molecule has 1 aliphatic carbocycles. The molecule has 3 rings (SSSR count). The smallest absolute Gasteiger partial charge is 0.117 e. The molecule has 0 aromatic carbocycles. The SMILES string of the molecule is CC1CC1c1ccc(CNCc2ccco2)o1. The van der Waals surface area contributed by atoms with Gasteiger partial charge in [-0.1, -0.05) is 6.92 Å². The first-order chi connectivity index (χ1) is 8.33. The van der Waals surface area contributed by atoms with Gasteiger partial charge in [-0.3, -0.25) is 0 Å². The van der Waals surface area contributed by atoms with Crippen molar-refractivity contribution in [3.8, 4) is 0 Å². The molecular weight excluding hydrogens is 214 g/mol. The van der Waals surface area contributed by atoms with E-state index in [-0.39, 0.29) is 0 Å². The van der Waals surface area contributed by atoms with Gasteiger partial charge in [0.05, 0.1) is 19.4 Å². The van der Waals surface area contributed by atoms with Crippen molar-refractivity contribution >= 4 is 0 Å². The van der Waals surface area contributed by atoms with Gasteiger partial charge in [-0.15, -0.1) is 0 Å². The summed E-state index contributed by atoms with van der Waals surface area (Å²) in [6.07, 6.45) is 2.96. The van der Waals surface area contributed by atoms with Crippen LogP contribution in [0.4, 0.5) is 0 Å². The Morgan fingerprint density at radius 1 is 1.24 bits per heavy atom. The Hall–Kier alpha value is -1.48. The third-order valence-corrected chi connectivity index (χ3v) is 3.34. The van der Waals surface area contributed by atoms with Crippen LogP contribution in [0.3, 0.4) is 0 Å². The summed E-state index contributed by atoms with van der Waals surface area (Å²) < 4.78 is 11.1. The van der Waals surface area contributed by atoms with Gasteiger partial charge < -0.3 is 14.2 Å². The van der Waals surface area contributed by atoms with Gasteiger partial charge in [-0.05, 0) is 36.6 Å². The van der Waals surface area contributed by atoms with E-state index in [0.717, 1.165) is 36.3 Å². The van der Waals surface area contributed by atoms with Crippen LogP contribution in [0.25, 0.3) is 0 Å².